The zero-order valence-corrected chi connectivity index (χ0v) is 9.21. The molecule has 1 heterocycles. The van der Waals surface area contributed by atoms with Gasteiger partial charge in [0.15, 0.2) is 0 Å². The van der Waals surface area contributed by atoms with Crippen molar-refractivity contribution >= 4 is 8.07 Å². The quantitative estimate of drug-likeness (QED) is 0.508. The van der Waals surface area contributed by atoms with Gasteiger partial charge in [-0.3, -0.25) is 0 Å². The SMILES string of the molecule is CCC1(C)C(C)(C)[Si]1(C)C. The highest BCUT2D eigenvalue weighted by Gasteiger charge is 2.73. The van der Waals surface area contributed by atoms with Gasteiger partial charge in [0.25, 0.3) is 0 Å². The topological polar surface area (TPSA) is 0 Å². The van der Waals surface area contributed by atoms with Crippen LogP contribution in [0.4, 0.5) is 0 Å². The molecule has 1 aliphatic rings. The van der Waals surface area contributed by atoms with E-state index in [0.717, 1.165) is 5.04 Å². The van der Waals surface area contributed by atoms with Gasteiger partial charge in [-0.2, -0.15) is 0 Å². The van der Waals surface area contributed by atoms with Gasteiger partial charge >= 0.3 is 0 Å². The minimum absolute atomic E-state index is 0.689. The van der Waals surface area contributed by atoms with Crippen LogP contribution < -0.4 is 0 Å². The Kier molecular flexibility index (Phi) is 1.40. The molecule has 1 atom stereocenters. The molecule has 0 saturated carbocycles. The van der Waals surface area contributed by atoms with Gasteiger partial charge in [-0.15, -0.1) is 0 Å². The maximum absolute atomic E-state index is 2.52. The van der Waals surface area contributed by atoms with Gasteiger partial charge in [0, 0.05) is 0 Å². The minimum atomic E-state index is -0.842. The molecule has 0 nitrogen and oxygen atoms in total. The van der Waals surface area contributed by atoms with Crippen LogP contribution in [0.25, 0.3) is 0 Å². The molecular weight excluding hydrogens is 136 g/mol. The predicted molar refractivity (Wildman–Crippen MR) is 50.2 cm³/mol. The lowest BCUT2D eigenvalue weighted by atomic mass is 9.96. The zero-order valence-electron chi connectivity index (χ0n) is 8.21. The first kappa shape index (κ1) is 8.31. The molecule has 0 aromatic carbocycles. The molecule has 1 aliphatic heterocycles. The molecular formula is C9H20Si. The second-order valence-corrected chi connectivity index (χ2v) is 10.5. The average molecular weight is 156 g/mol. The third-order valence-corrected chi connectivity index (χ3v) is 12.1. The van der Waals surface area contributed by atoms with E-state index in [4.69, 9.17) is 0 Å². The van der Waals surface area contributed by atoms with E-state index in [1.165, 1.54) is 6.42 Å². The van der Waals surface area contributed by atoms with E-state index in [2.05, 4.69) is 40.8 Å². The fourth-order valence-electron chi connectivity index (χ4n) is 2.59. The highest BCUT2D eigenvalue weighted by atomic mass is 28.3. The molecule has 1 rings (SSSR count). The third kappa shape index (κ3) is 0.538. The molecule has 0 spiro atoms. The number of rotatable bonds is 1. The van der Waals surface area contributed by atoms with Crippen molar-refractivity contribution in [1.29, 1.82) is 0 Å². The Morgan fingerprint density at radius 2 is 1.40 bits per heavy atom. The van der Waals surface area contributed by atoms with E-state index in [0.29, 0.717) is 5.04 Å². The standard InChI is InChI=1S/C9H20Si/c1-7-9(4)8(2,3)10(9,5)6/h7H2,1-6H3. The van der Waals surface area contributed by atoms with Gasteiger partial charge in [0.2, 0.25) is 0 Å². The van der Waals surface area contributed by atoms with E-state index in [-0.39, 0.29) is 0 Å². The lowest BCUT2D eigenvalue weighted by Gasteiger charge is -2.10. The molecule has 60 valence electrons. The van der Waals surface area contributed by atoms with Crippen LogP contribution in [0.15, 0.2) is 0 Å². The summed E-state index contributed by atoms with van der Waals surface area (Å²) in [6, 6.07) is 0. The van der Waals surface area contributed by atoms with Crippen molar-refractivity contribution in [3.8, 4) is 0 Å². The van der Waals surface area contributed by atoms with Gasteiger partial charge < -0.3 is 0 Å². The van der Waals surface area contributed by atoms with Crippen LogP contribution in [0.2, 0.25) is 23.2 Å². The van der Waals surface area contributed by atoms with Crippen LogP contribution in [0.3, 0.4) is 0 Å². The lowest BCUT2D eigenvalue weighted by Crippen LogP contribution is -2.09. The van der Waals surface area contributed by atoms with Crippen LogP contribution in [0, 0.1) is 0 Å². The largest absolute Gasteiger partial charge is 0.0685 e. The van der Waals surface area contributed by atoms with Gasteiger partial charge in [0.1, 0.15) is 0 Å². The first-order valence-electron chi connectivity index (χ1n) is 4.31. The molecule has 0 amide bonds. The molecule has 0 aliphatic carbocycles. The van der Waals surface area contributed by atoms with Crippen molar-refractivity contribution in [3.05, 3.63) is 0 Å². The van der Waals surface area contributed by atoms with E-state index >= 15 is 0 Å². The normalized spacial score (nSPS) is 41.4. The van der Waals surface area contributed by atoms with E-state index in [9.17, 15) is 0 Å². The van der Waals surface area contributed by atoms with Crippen LogP contribution >= 0.6 is 0 Å². The number of hydrogen-bond acceptors (Lipinski definition) is 0. The summed E-state index contributed by atoms with van der Waals surface area (Å²) < 4.78 is 0. The highest BCUT2D eigenvalue weighted by Crippen LogP contribution is 2.82. The van der Waals surface area contributed by atoms with Crippen molar-refractivity contribution in [3.63, 3.8) is 0 Å². The Labute approximate surface area is 66.0 Å². The summed E-state index contributed by atoms with van der Waals surface area (Å²) in [6.07, 6.45) is 1.37. The van der Waals surface area contributed by atoms with E-state index < -0.39 is 8.07 Å². The summed E-state index contributed by atoms with van der Waals surface area (Å²) >= 11 is 0. The van der Waals surface area contributed by atoms with Crippen LogP contribution in [0.5, 0.6) is 0 Å². The molecule has 0 aromatic heterocycles. The van der Waals surface area contributed by atoms with Crippen LogP contribution in [-0.2, 0) is 0 Å². The smallest absolute Gasteiger partial charge is 0.0594 e. The fourth-order valence-corrected chi connectivity index (χ4v) is 7.83. The van der Waals surface area contributed by atoms with Crippen molar-refractivity contribution in [2.45, 2.75) is 57.3 Å². The summed E-state index contributed by atoms with van der Waals surface area (Å²) in [5, 5.41) is 1.41. The summed E-state index contributed by atoms with van der Waals surface area (Å²) in [5.41, 5.74) is 0. The first-order chi connectivity index (χ1) is 4.31. The van der Waals surface area contributed by atoms with Gasteiger partial charge in [-0.25, -0.2) is 0 Å². The second kappa shape index (κ2) is 1.69. The molecule has 10 heavy (non-hydrogen) atoms. The summed E-state index contributed by atoms with van der Waals surface area (Å²) in [7, 11) is -0.842. The summed E-state index contributed by atoms with van der Waals surface area (Å²) in [5.74, 6) is 0. The fraction of sp³-hybridized carbons (Fsp3) is 1.00. The first-order valence-corrected chi connectivity index (χ1v) is 7.31. The summed E-state index contributed by atoms with van der Waals surface area (Å²) in [4.78, 5) is 0. The summed E-state index contributed by atoms with van der Waals surface area (Å²) in [6.45, 7) is 14.8. The second-order valence-electron chi connectivity index (χ2n) is 4.94. The molecule has 1 saturated heterocycles. The van der Waals surface area contributed by atoms with Crippen molar-refractivity contribution < 1.29 is 0 Å². The molecule has 0 N–H and O–H groups in total. The minimum Gasteiger partial charge on any atom is -0.0685 e. The molecule has 0 radical (unpaired) electrons. The van der Waals surface area contributed by atoms with Crippen molar-refractivity contribution in [1.82, 2.24) is 0 Å². The average Bonchev–Trinajstić information content (AvgIpc) is 2.11. The Morgan fingerprint density at radius 3 is 1.40 bits per heavy atom. The Balaban J connectivity index is 2.90. The molecule has 0 aromatic rings. The Hall–Kier alpha value is 0.217. The lowest BCUT2D eigenvalue weighted by molar-refractivity contribution is 0.564. The molecule has 0 bridgehead atoms. The molecule has 1 heteroatoms. The van der Waals surface area contributed by atoms with Crippen LogP contribution in [-0.4, -0.2) is 8.07 Å². The van der Waals surface area contributed by atoms with Gasteiger partial charge in [-0.05, 0) is 10.1 Å². The molecule has 1 unspecified atom stereocenters. The van der Waals surface area contributed by atoms with E-state index in [1.807, 2.05) is 0 Å². The van der Waals surface area contributed by atoms with Gasteiger partial charge in [-0.1, -0.05) is 47.2 Å². The van der Waals surface area contributed by atoms with Crippen molar-refractivity contribution in [2.24, 2.45) is 0 Å². The monoisotopic (exact) mass is 156 g/mol. The maximum Gasteiger partial charge on any atom is 0.0594 e. The maximum atomic E-state index is 2.52. The van der Waals surface area contributed by atoms with E-state index in [1.54, 1.807) is 0 Å². The van der Waals surface area contributed by atoms with Gasteiger partial charge in [0.05, 0.1) is 8.07 Å². The number of hydrogen-bond donors (Lipinski definition) is 0. The Morgan fingerprint density at radius 1 is 1.10 bits per heavy atom. The predicted octanol–water partition coefficient (Wildman–Crippen LogP) is 3.66. The van der Waals surface area contributed by atoms with Crippen LogP contribution in [0.1, 0.15) is 34.1 Å². The Bertz CT molecular complexity index is 142. The van der Waals surface area contributed by atoms with Crippen molar-refractivity contribution in [2.75, 3.05) is 0 Å². The highest BCUT2D eigenvalue weighted by molar-refractivity contribution is 6.94. The third-order valence-electron chi connectivity index (χ3n) is 4.97. The zero-order chi connectivity index (χ0) is 8.21. The molecule has 1 fully saturated rings.